The fraction of sp³-hybridized carbons (Fsp3) is 1.00. The average Bonchev–Trinajstić information content (AvgIpc) is 1.81. The van der Waals surface area contributed by atoms with Crippen LogP contribution in [0.2, 0.25) is 0 Å². The Balaban J connectivity index is 5.30. The highest BCUT2D eigenvalue weighted by atomic mass is 79.9. The van der Waals surface area contributed by atoms with E-state index in [2.05, 4.69) is 0 Å². The summed E-state index contributed by atoms with van der Waals surface area (Å²) in [5.41, 5.74) is 0. The Hall–Kier alpha value is 0.400. The quantitative estimate of drug-likeness (QED) is 0.485. The summed E-state index contributed by atoms with van der Waals surface area (Å²) in [5, 5.41) is 0. The zero-order valence-corrected chi connectivity index (χ0v) is 8.95. The molecule has 86 valence electrons. The van der Waals surface area contributed by atoms with Crippen LogP contribution in [0.3, 0.4) is 0 Å². The molecule has 0 N–H and O–H groups in total. The van der Waals surface area contributed by atoms with Crippen LogP contribution in [-0.4, -0.2) is 21.5 Å². The predicted octanol–water partition coefficient (Wildman–Crippen LogP) is 4.23. The smallest absolute Gasteiger partial charge is 0.216 e. The molecule has 2 atom stereocenters. The van der Waals surface area contributed by atoms with Crippen LogP contribution < -0.4 is 0 Å². The number of hydrogen-bond acceptors (Lipinski definition) is 0. The van der Waals surface area contributed by atoms with Crippen molar-refractivity contribution in [3.63, 3.8) is 0 Å². The van der Waals surface area contributed by atoms with E-state index in [0.29, 0.717) is 0 Å². The van der Waals surface area contributed by atoms with Gasteiger partial charge in [0.25, 0.3) is 0 Å². The Labute approximate surface area is 88.9 Å². The molecule has 0 rings (SSSR count). The summed E-state index contributed by atoms with van der Waals surface area (Å²) in [4.78, 5) is 0. The first kappa shape index (κ1) is 14.4. The topological polar surface area (TPSA) is 0 Å². The van der Waals surface area contributed by atoms with Gasteiger partial charge in [0.05, 0.1) is 0 Å². The van der Waals surface area contributed by atoms with Crippen molar-refractivity contribution in [1.29, 1.82) is 0 Å². The van der Waals surface area contributed by atoms with Crippen LogP contribution in [0.15, 0.2) is 0 Å². The highest BCUT2D eigenvalue weighted by molar-refractivity contribution is 9.12. The summed E-state index contributed by atoms with van der Waals surface area (Å²) in [5.74, 6) is 0. The molecule has 0 heterocycles. The van der Waals surface area contributed by atoms with Gasteiger partial charge in [0.2, 0.25) is 0 Å². The van der Waals surface area contributed by atoms with E-state index in [1.807, 2.05) is 0 Å². The van der Waals surface area contributed by atoms with E-state index in [4.69, 9.17) is 0 Å². The molecule has 14 heavy (non-hydrogen) atoms. The molecule has 0 nitrogen and oxygen atoms in total. The molecule has 0 unspecified atom stereocenters. The third-order valence-electron chi connectivity index (χ3n) is 1.11. The molecular formula is C4Br2F8. The summed E-state index contributed by atoms with van der Waals surface area (Å²) in [6.45, 7) is 0. The normalized spacial score (nSPS) is 22.7. The molecule has 0 aromatic rings. The van der Waals surface area contributed by atoms with E-state index >= 15 is 0 Å². The highest BCUT2D eigenvalue weighted by Crippen LogP contribution is 2.58. The largest absolute Gasteiger partial charge is 0.437 e. The van der Waals surface area contributed by atoms with E-state index in [9.17, 15) is 35.1 Å². The van der Waals surface area contributed by atoms with Gasteiger partial charge in [0, 0.05) is 0 Å². The van der Waals surface area contributed by atoms with E-state index in [-0.39, 0.29) is 0 Å². The molecule has 0 bridgehead atoms. The molecule has 0 saturated heterocycles. The van der Waals surface area contributed by atoms with Gasteiger partial charge in [-0.3, -0.25) is 0 Å². The first-order valence-electron chi connectivity index (χ1n) is 2.64. The second kappa shape index (κ2) is 3.46. The van der Waals surface area contributed by atoms with Crippen molar-refractivity contribution < 1.29 is 35.1 Å². The van der Waals surface area contributed by atoms with Crippen molar-refractivity contribution in [1.82, 2.24) is 0 Å². The van der Waals surface area contributed by atoms with Gasteiger partial charge in [0.15, 0.2) is 0 Å². The van der Waals surface area contributed by atoms with Crippen molar-refractivity contribution in [3.05, 3.63) is 0 Å². The van der Waals surface area contributed by atoms with Crippen molar-refractivity contribution >= 4 is 31.9 Å². The van der Waals surface area contributed by atoms with E-state index in [1.54, 1.807) is 0 Å². The molecule has 0 aliphatic heterocycles. The Morgan fingerprint density at radius 1 is 0.500 bits per heavy atom. The summed E-state index contributed by atoms with van der Waals surface area (Å²) in [6.07, 6.45) is -12.1. The van der Waals surface area contributed by atoms with Crippen LogP contribution in [0.5, 0.6) is 0 Å². The van der Waals surface area contributed by atoms with E-state index in [1.165, 1.54) is 0 Å². The minimum absolute atomic E-state index is 1.03. The molecule has 0 aromatic carbocycles. The Morgan fingerprint density at radius 3 is 0.714 bits per heavy atom. The lowest BCUT2D eigenvalue weighted by Crippen LogP contribution is -2.57. The molecule has 0 saturated carbocycles. The molecule has 0 aliphatic carbocycles. The monoisotopic (exact) mass is 358 g/mol. The third kappa shape index (κ3) is 2.15. The zero-order valence-electron chi connectivity index (χ0n) is 5.78. The molecule has 10 heteroatoms. The van der Waals surface area contributed by atoms with Crippen LogP contribution in [0.4, 0.5) is 35.1 Å². The number of rotatable bonds is 1. The SMILES string of the molecule is FC(F)(F)[C@](F)(Br)[C@](F)(Br)C(F)(F)F. The minimum Gasteiger partial charge on any atom is -0.216 e. The summed E-state index contributed by atoms with van der Waals surface area (Å²) >= 11 is 2.05. The van der Waals surface area contributed by atoms with Crippen LogP contribution in [0.25, 0.3) is 0 Å². The fourth-order valence-corrected chi connectivity index (χ4v) is 0.806. The highest BCUT2D eigenvalue weighted by Gasteiger charge is 2.77. The van der Waals surface area contributed by atoms with Gasteiger partial charge in [0.1, 0.15) is 0 Å². The third-order valence-corrected chi connectivity index (χ3v) is 3.63. The Kier molecular flexibility index (Phi) is 3.56. The Bertz CT molecular complexity index is 188. The maximum absolute atomic E-state index is 12.5. The Morgan fingerprint density at radius 2 is 0.643 bits per heavy atom. The van der Waals surface area contributed by atoms with Crippen LogP contribution in [0.1, 0.15) is 0 Å². The molecule has 0 spiro atoms. The van der Waals surface area contributed by atoms with Gasteiger partial charge >= 0.3 is 21.5 Å². The lowest BCUT2D eigenvalue weighted by Gasteiger charge is -2.32. The van der Waals surface area contributed by atoms with Crippen molar-refractivity contribution in [2.75, 3.05) is 0 Å². The lowest BCUT2D eigenvalue weighted by atomic mass is 10.2. The molecular weight excluding hydrogens is 360 g/mol. The van der Waals surface area contributed by atoms with Crippen LogP contribution in [0, 0.1) is 0 Å². The minimum atomic E-state index is -6.05. The van der Waals surface area contributed by atoms with Gasteiger partial charge in [-0.1, -0.05) is 0 Å². The van der Waals surface area contributed by atoms with Gasteiger partial charge < -0.3 is 0 Å². The number of alkyl halides is 10. The molecule has 0 fully saturated rings. The first-order chi connectivity index (χ1) is 5.75. The maximum atomic E-state index is 12.5. The van der Waals surface area contributed by atoms with Crippen molar-refractivity contribution in [2.24, 2.45) is 0 Å². The molecule has 0 aromatic heterocycles. The second-order valence-electron chi connectivity index (χ2n) is 2.14. The van der Waals surface area contributed by atoms with Gasteiger partial charge in [-0.15, -0.1) is 0 Å². The number of halogens is 10. The summed E-state index contributed by atoms with van der Waals surface area (Å²) < 4.78 is 84.6. The van der Waals surface area contributed by atoms with E-state index < -0.39 is 21.5 Å². The fourth-order valence-electron chi connectivity index (χ4n) is 0.356. The zero-order chi connectivity index (χ0) is 12.0. The van der Waals surface area contributed by atoms with Crippen molar-refractivity contribution in [2.45, 2.75) is 21.5 Å². The van der Waals surface area contributed by atoms with Gasteiger partial charge in [-0.25, -0.2) is 8.78 Å². The predicted molar refractivity (Wildman–Crippen MR) is 37.6 cm³/mol. The van der Waals surface area contributed by atoms with Crippen LogP contribution >= 0.6 is 31.9 Å². The van der Waals surface area contributed by atoms with Crippen molar-refractivity contribution in [3.8, 4) is 0 Å². The maximum Gasteiger partial charge on any atom is 0.437 e. The first-order valence-corrected chi connectivity index (χ1v) is 4.23. The number of hydrogen-bond donors (Lipinski definition) is 0. The molecule has 0 aliphatic rings. The van der Waals surface area contributed by atoms with E-state index in [0.717, 1.165) is 31.9 Å². The van der Waals surface area contributed by atoms with Gasteiger partial charge in [-0.05, 0) is 31.9 Å². The molecule has 0 radical (unpaired) electrons. The average molecular weight is 360 g/mol. The van der Waals surface area contributed by atoms with Crippen LogP contribution in [-0.2, 0) is 0 Å². The molecule has 0 amide bonds. The summed E-state index contributed by atoms with van der Waals surface area (Å²) in [7, 11) is 0. The second-order valence-corrected chi connectivity index (χ2v) is 4.33. The summed E-state index contributed by atoms with van der Waals surface area (Å²) in [6, 6.07) is 0. The van der Waals surface area contributed by atoms with Gasteiger partial charge in [-0.2, -0.15) is 26.3 Å². The lowest BCUT2D eigenvalue weighted by molar-refractivity contribution is -0.278. The standard InChI is InChI=1S/C4Br2F8/c5-1(7,3(9,10)11)2(6,8)4(12,13)14/t1-,2+.